The van der Waals surface area contributed by atoms with Gasteiger partial charge in [0.1, 0.15) is 0 Å². The molecule has 3 heteroatoms. The van der Waals surface area contributed by atoms with E-state index in [1.807, 2.05) is 6.08 Å². The molecule has 1 atom stereocenters. The molecule has 1 aliphatic rings. The second kappa shape index (κ2) is 6.38. The van der Waals surface area contributed by atoms with Crippen molar-refractivity contribution in [3.8, 4) is 0 Å². The molecule has 0 aliphatic carbocycles. The van der Waals surface area contributed by atoms with Crippen LogP contribution in [0.15, 0.2) is 12.2 Å². The van der Waals surface area contributed by atoms with E-state index in [2.05, 4.69) is 11.7 Å². The van der Waals surface area contributed by atoms with Gasteiger partial charge in [-0.2, -0.15) is 0 Å². The number of ether oxygens (including phenoxy) is 1. The van der Waals surface area contributed by atoms with Crippen molar-refractivity contribution in [1.82, 2.24) is 0 Å². The fourth-order valence-electron chi connectivity index (χ4n) is 1.59. The van der Waals surface area contributed by atoms with Gasteiger partial charge in [0.15, 0.2) is 0 Å². The molecule has 15 heavy (non-hydrogen) atoms. The van der Waals surface area contributed by atoms with Gasteiger partial charge in [-0.25, -0.2) is 0 Å². The molecule has 3 nitrogen and oxygen atoms in total. The number of hydrogen-bond acceptors (Lipinski definition) is 3. The van der Waals surface area contributed by atoms with Crippen LogP contribution in [0.2, 0.25) is 0 Å². The lowest BCUT2D eigenvalue weighted by atomic mass is 10.1. The Labute approximate surface area is 90.5 Å². The zero-order valence-corrected chi connectivity index (χ0v) is 9.20. The topological polar surface area (TPSA) is 43.4 Å². The summed E-state index contributed by atoms with van der Waals surface area (Å²) in [6.45, 7) is 2.18. The van der Waals surface area contributed by atoms with Crippen molar-refractivity contribution < 1.29 is 14.3 Å². The quantitative estimate of drug-likeness (QED) is 0.293. The first kappa shape index (κ1) is 12.0. The summed E-state index contributed by atoms with van der Waals surface area (Å²) < 4.78 is 4.44. The second-order valence-electron chi connectivity index (χ2n) is 3.88. The molecule has 1 aliphatic heterocycles. The maximum atomic E-state index is 11.1. The number of esters is 2. The third-order valence-electron chi connectivity index (χ3n) is 2.50. The molecule has 1 heterocycles. The maximum absolute atomic E-state index is 11.1. The van der Waals surface area contributed by atoms with Crippen LogP contribution >= 0.6 is 0 Å². The third kappa shape index (κ3) is 4.28. The van der Waals surface area contributed by atoms with E-state index in [1.54, 1.807) is 6.08 Å². The lowest BCUT2D eigenvalue weighted by Gasteiger charge is -1.96. The first-order valence-electron chi connectivity index (χ1n) is 5.65. The number of carbonyl (C=O) groups excluding carboxylic acids is 2. The minimum Gasteiger partial charge on any atom is -0.393 e. The minimum absolute atomic E-state index is 0.213. The zero-order chi connectivity index (χ0) is 11.1. The van der Waals surface area contributed by atoms with E-state index in [-0.39, 0.29) is 12.3 Å². The molecule has 0 unspecified atom stereocenters. The van der Waals surface area contributed by atoms with Gasteiger partial charge >= 0.3 is 11.9 Å². The summed E-state index contributed by atoms with van der Waals surface area (Å²) in [7, 11) is 0. The van der Waals surface area contributed by atoms with E-state index in [0.29, 0.717) is 0 Å². The van der Waals surface area contributed by atoms with Crippen molar-refractivity contribution >= 4 is 11.9 Å². The van der Waals surface area contributed by atoms with Crippen molar-refractivity contribution in [1.29, 1.82) is 0 Å². The molecule has 0 amide bonds. The Hall–Kier alpha value is -1.12. The Morgan fingerprint density at radius 3 is 2.73 bits per heavy atom. The van der Waals surface area contributed by atoms with Crippen LogP contribution in [0.1, 0.15) is 45.4 Å². The fourth-order valence-corrected chi connectivity index (χ4v) is 1.59. The molecule has 1 rings (SSSR count). The molecule has 0 bridgehead atoms. The fraction of sp³-hybridized carbons (Fsp3) is 0.667. The summed E-state index contributed by atoms with van der Waals surface area (Å²) in [6, 6.07) is 0. The van der Waals surface area contributed by atoms with Crippen LogP contribution in [-0.2, 0) is 14.3 Å². The Morgan fingerprint density at radius 2 is 2.13 bits per heavy atom. The highest BCUT2D eigenvalue weighted by Gasteiger charge is 2.30. The van der Waals surface area contributed by atoms with E-state index in [0.717, 1.165) is 12.8 Å². The van der Waals surface area contributed by atoms with E-state index in [4.69, 9.17) is 0 Å². The first-order valence-corrected chi connectivity index (χ1v) is 5.65. The number of unbranched alkanes of at least 4 members (excludes halogenated alkanes) is 4. The molecule has 0 saturated carbocycles. The number of carbonyl (C=O) groups is 2. The Balaban J connectivity index is 2.15. The van der Waals surface area contributed by atoms with Gasteiger partial charge in [0.25, 0.3) is 0 Å². The van der Waals surface area contributed by atoms with Crippen LogP contribution in [0.25, 0.3) is 0 Å². The zero-order valence-electron chi connectivity index (χ0n) is 9.20. The van der Waals surface area contributed by atoms with Crippen LogP contribution in [-0.4, -0.2) is 11.9 Å². The van der Waals surface area contributed by atoms with Crippen molar-refractivity contribution in [3.05, 3.63) is 12.2 Å². The second-order valence-corrected chi connectivity index (χ2v) is 3.88. The summed E-state index contributed by atoms with van der Waals surface area (Å²) in [6.07, 6.45) is 9.86. The average Bonchev–Trinajstić information content (AvgIpc) is 2.51. The van der Waals surface area contributed by atoms with Gasteiger partial charge in [0, 0.05) is 0 Å². The summed E-state index contributed by atoms with van der Waals surface area (Å²) in [5, 5.41) is 0. The molecule has 84 valence electrons. The van der Waals surface area contributed by atoms with Crippen LogP contribution in [0, 0.1) is 5.92 Å². The van der Waals surface area contributed by atoms with Crippen LogP contribution < -0.4 is 0 Å². The molecule has 1 saturated heterocycles. The predicted molar refractivity (Wildman–Crippen MR) is 57.1 cm³/mol. The minimum atomic E-state index is -0.402. The molecule has 0 aromatic carbocycles. The highest BCUT2D eigenvalue weighted by molar-refractivity contribution is 5.95. The lowest BCUT2D eigenvalue weighted by Crippen LogP contribution is -2.03. The molecular weight excluding hydrogens is 192 g/mol. The first-order chi connectivity index (χ1) is 7.24. The number of cyclic esters (lactones) is 2. The average molecular weight is 210 g/mol. The van der Waals surface area contributed by atoms with E-state index in [9.17, 15) is 9.59 Å². The summed E-state index contributed by atoms with van der Waals surface area (Å²) >= 11 is 0. The molecule has 0 aromatic rings. The van der Waals surface area contributed by atoms with E-state index in [1.165, 1.54) is 19.3 Å². The molecule has 1 fully saturated rings. The molecule has 0 radical (unpaired) electrons. The summed E-state index contributed by atoms with van der Waals surface area (Å²) in [5.41, 5.74) is 0. The van der Waals surface area contributed by atoms with E-state index < -0.39 is 11.9 Å². The monoisotopic (exact) mass is 210 g/mol. The third-order valence-corrected chi connectivity index (χ3v) is 2.50. The lowest BCUT2D eigenvalue weighted by molar-refractivity contribution is -0.152. The van der Waals surface area contributed by atoms with Crippen LogP contribution in [0.5, 0.6) is 0 Å². The van der Waals surface area contributed by atoms with Crippen molar-refractivity contribution in [2.45, 2.75) is 45.4 Å². The van der Waals surface area contributed by atoms with Crippen LogP contribution in [0.3, 0.4) is 0 Å². The highest BCUT2D eigenvalue weighted by atomic mass is 16.6. The summed E-state index contributed by atoms with van der Waals surface area (Å²) in [5.74, 6) is -1.13. The van der Waals surface area contributed by atoms with Gasteiger partial charge in [0.05, 0.1) is 12.3 Å². The highest BCUT2D eigenvalue weighted by Crippen LogP contribution is 2.17. The van der Waals surface area contributed by atoms with E-state index >= 15 is 0 Å². The van der Waals surface area contributed by atoms with Gasteiger partial charge in [-0.05, 0) is 12.8 Å². The van der Waals surface area contributed by atoms with Crippen molar-refractivity contribution in [2.24, 2.45) is 5.92 Å². The summed E-state index contributed by atoms with van der Waals surface area (Å²) in [4.78, 5) is 21.8. The Bertz CT molecular complexity index is 256. The Morgan fingerprint density at radius 1 is 1.33 bits per heavy atom. The normalized spacial score (nSPS) is 21.3. The smallest absolute Gasteiger partial charge is 0.321 e. The molecule has 0 N–H and O–H groups in total. The van der Waals surface area contributed by atoms with Crippen LogP contribution in [0.4, 0.5) is 0 Å². The van der Waals surface area contributed by atoms with Gasteiger partial charge in [0.2, 0.25) is 0 Å². The number of rotatable bonds is 6. The van der Waals surface area contributed by atoms with Crippen molar-refractivity contribution in [2.75, 3.05) is 0 Å². The Kier molecular flexibility index (Phi) is 5.08. The molecule has 0 aromatic heterocycles. The van der Waals surface area contributed by atoms with Crippen molar-refractivity contribution in [3.63, 3.8) is 0 Å². The van der Waals surface area contributed by atoms with Gasteiger partial charge in [-0.1, -0.05) is 38.3 Å². The number of allylic oxidation sites excluding steroid dienone is 1. The molecule has 0 spiro atoms. The van der Waals surface area contributed by atoms with Gasteiger partial charge in [-0.3, -0.25) is 9.59 Å². The predicted octanol–water partition coefficient (Wildman–Crippen LogP) is 2.60. The SMILES string of the molecule is CCCCCC/C=C\[C@@H]1CC(=O)OC1=O. The largest absolute Gasteiger partial charge is 0.393 e. The molecular formula is C12H18O3. The van der Waals surface area contributed by atoms with Gasteiger partial charge < -0.3 is 4.74 Å². The number of hydrogen-bond donors (Lipinski definition) is 0. The van der Waals surface area contributed by atoms with Gasteiger partial charge in [-0.15, -0.1) is 0 Å². The maximum Gasteiger partial charge on any atom is 0.321 e. The standard InChI is InChI=1S/C12H18O3/c1-2-3-4-5-6-7-8-10-9-11(13)15-12(10)14/h7-8,10H,2-6,9H2,1H3/b8-7-/t10-/m1/s1.